The van der Waals surface area contributed by atoms with Crippen LogP contribution >= 0.6 is 0 Å². The number of nitrogens with zero attached hydrogens (tertiary/aromatic N) is 1. The van der Waals surface area contributed by atoms with Gasteiger partial charge in [0.1, 0.15) is 11.2 Å². The zero-order chi connectivity index (χ0) is 47.7. The Hall–Kier alpha value is -8.98. The van der Waals surface area contributed by atoms with Gasteiger partial charge in [0.25, 0.3) is 0 Å². The molecule has 1 heterocycles. The van der Waals surface area contributed by atoms with Crippen LogP contribution in [0.3, 0.4) is 0 Å². The molecule has 0 fully saturated rings. The predicted octanol–water partition coefficient (Wildman–Crippen LogP) is 18.7. The maximum atomic E-state index is 6.59. The van der Waals surface area contributed by atoms with Gasteiger partial charge in [-0.05, 0) is 161 Å². The van der Waals surface area contributed by atoms with E-state index in [4.69, 9.17) is 4.42 Å². The number of furan rings is 1. The van der Waals surface area contributed by atoms with Crippen LogP contribution in [-0.4, -0.2) is 0 Å². The molecular formula is C70H47NO. The Morgan fingerprint density at radius 3 is 1.39 bits per heavy atom. The number of anilines is 3. The molecule has 12 aromatic rings. The average molecular weight is 918 g/mol. The lowest BCUT2D eigenvalue weighted by molar-refractivity contribution is 0.660. The number of benzene rings is 11. The largest absolute Gasteiger partial charge is 0.456 e. The fourth-order valence-electron chi connectivity index (χ4n) is 13.0. The first-order valence-corrected chi connectivity index (χ1v) is 25.2. The molecule has 1 spiro atoms. The second-order valence-corrected chi connectivity index (χ2v) is 20.3. The highest BCUT2D eigenvalue weighted by Gasteiger charge is 2.52. The van der Waals surface area contributed by atoms with Gasteiger partial charge < -0.3 is 9.32 Å². The molecule has 2 nitrogen and oxygen atoms in total. The number of para-hydroxylation sites is 1. The molecule has 0 aliphatic heterocycles. The Bertz CT molecular complexity index is 4110. The Morgan fingerprint density at radius 1 is 0.306 bits per heavy atom. The summed E-state index contributed by atoms with van der Waals surface area (Å²) in [7, 11) is 0. The molecule has 0 unspecified atom stereocenters. The van der Waals surface area contributed by atoms with Gasteiger partial charge in [-0.1, -0.05) is 202 Å². The molecule has 0 bridgehead atoms. The summed E-state index contributed by atoms with van der Waals surface area (Å²) in [5.74, 6) is 0. The Kier molecular flexibility index (Phi) is 8.66. The van der Waals surface area contributed by atoms with Crippen LogP contribution < -0.4 is 4.90 Å². The summed E-state index contributed by atoms with van der Waals surface area (Å²) in [6, 6.07) is 92.0. The number of fused-ring (bicyclic) bond motifs is 17. The van der Waals surface area contributed by atoms with Crippen molar-refractivity contribution >= 4 is 39.0 Å². The standard InChI is InChI=1S/C70H47NO/c1-69(2)59-20-10-6-16-53(59)56-38-30-49(43-64(56)69)47-28-36-52(37-29-47)71(50-32-24-45(25-33-50)44-14-4-3-5-15-44)51-34-26-46(27-35-51)48-31-39-62-58(42-48)67-63(40-41-66-68(67)57-19-9-13-23-65(57)72-66)70(62)60-21-11-7-17-54(60)55-18-8-12-22-61(55)70/h3-43H,1-2H3. The fourth-order valence-corrected chi connectivity index (χ4v) is 13.0. The lowest BCUT2D eigenvalue weighted by Crippen LogP contribution is -2.25. The van der Waals surface area contributed by atoms with Crippen molar-refractivity contribution in [3.05, 3.63) is 282 Å². The van der Waals surface area contributed by atoms with Crippen LogP contribution in [0.2, 0.25) is 0 Å². The molecule has 11 aromatic carbocycles. The third kappa shape index (κ3) is 5.72. The van der Waals surface area contributed by atoms with Crippen molar-refractivity contribution in [3.63, 3.8) is 0 Å². The fraction of sp³-hybridized carbons (Fsp3) is 0.0571. The Balaban J connectivity index is 0.844. The van der Waals surface area contributed by atoms with Crippen LogP contribution in [0.25, 0.3) is 88.7 Å². The van der Waals surface area contributed by atoms with Crippen molar-refractivity contribution in [1.29, 1.82) is 0 Å². The maximum Gasteiger partial charge on any atom is 0.136 e. The molecular weight excluding hydrogens is 871 g/mol. The second-order valence-electron chi connectivity index (χ2n) is 20.3. The normalized spacial score (nSPS) is 13.9. The summed E-state index contributed by atoms with van der Waals surface area (Å²) < 4.78 is 6.59. The predicted molar refractivity (Wildman–Crippen MR) is 299 cm³/mol. The van der Waals surface area contributed by atoms with E-state index < -0.39 is 5.41 Å². The van der Waals surface area contributed by atoms with Gasteiger partial charge in [-0.15, -0.1) is 0 Å². The molecule has 15 rings (SSSR count). The van der Waals surface area contributed by atoms with Crippen LogP contribution in [0.1, 0.15) is 47.2 Å². The van der Waals surface area contributed by atoms with Crippen molar-refractivity contribution in [1.82, 2.24) is 0 Å². The summed E-state index contributed by atoms with van der Waals surface area (Å²) in [5, 5.41) is 2.33. The van der Waals surface area contributed by atoms with E-state index in [0.29, 0.717) is 0 Å². The van der Waals surface area contributed by atoms with E-state index in [1.807, 2.05) is 0 Å². The van der Waals surface area contributed by atoms with Crippen molar-refractivity contribution in [3.8, 4) is 66.8 Å². The zero-order valence-electron chi connectivity index (χ0n) is 40.0. The van der Waals surface area contributed by atoms with E-state index in [1.165, 1.54) is 100.0 Å². The Labute approximate surface area is 419 Å². The molecule has 0 atom stereocenters. The van der Waals surface area contributed by atoms with Crippen LogP contribution in [0.5, 0.6) is 0 Å². The van der Waals surface area contributed by atoms with Gasteiger partial charge >= 0.3 is 0 Å². The number of rotatable bonds is 6. The first-order valence-electron chi connectivity index (χ1n) is 25.2. The molecule has 72 heavy (non-hydrogen) atoms. The second kappa shape index (κ2) is 15.3. The van der Waals surface area contributed by atoms with E-state index >= 15 is 0 Å². The zero-order valence-corrected chi connectivity index (χ0v) is 40.0. The van der Waals surface area contributed by atoms with Crippen molar-refractivity contribution in [2.24, 2.45) is 0 Å². The highest BCUT2D eigenvalue weighted by molar-refractivity contribution is 6.16. The molecule has 0 saturated carbocycles. The maximum absolute atomic E-state index is 6.59. The molecule has 0 saturated heterocycles. The minimum Gasteiger partial charge on any atom is -0.456 e. The summed E-state index contributed by atoms with van der Waals surface area (Å²) >= 11 is 0. The molecule has 3 aliphatic carbocycles. The number of hydrogen-bond donors (Lipinski definition) is 0. The summed E-state index contributed by atoms with van der Waals surface area (Å²) in [6.45, 7) is 4.70. The molecule has 0 N–H and O–H groups in total. The molecule has 2 heteroatoms. The lowest BCUT2D eigenvalue weighted by atomic mass is 9.70. The summed E-state index contributed by atoms with van der Waals surface area (Å²) in [6.07, 6.45) is 0. The van der Waals surface area contributed by atoms with Crippen molar-refractivity contribution < 1.29 is 4.42 Å². The summed E-state index contributed by atoms with van der Waals surface area (Å²) in [4.78, 5) is 2.38. The van der Waals surface area contributed by atoms with Gasteiger partial charge in [-0.25, -0.2) is 0 Å². The quantitative estimate of drug-likeness (QED) is 0.165. The van der Waals surface area contributed by atoms with Gasteiger partial charge in [0.15, 0.2) is 0 Å². The first-order chi connectivity index (χ1) is 35.4. The minimum absolute atomic E-state index is 0.0567. The summed E-state index contributed by atoms with van der Waals surface area (Å²) in [5.41, 5.74) is 27.7. The van der Waals surface area contributed by atoms with E-state index in [1.54, 1.807) is 0 Å². The van der Waals surface area contributed by atoms with Crippen molar-refractivity contribution in [2.75, 3.05) is 4.90 Å². The van der Waals surface area contributed by atoms with E-state index in [9.17, 15) is 0 Å². The number of hydrogen-bond acceptors (Lipinski definition) is 2. The van der Waals surface area contributed by atoms with E-state index in [0.717, 1.165) is 39.2 Å². The van der Waals surface area contributed by atoms with Gasteiger partial charge in [0.2, 0.25) is 0 Å². The minimum atomic E-state index is -0.456. The first kappa shape index (κ1) is 40.9. The SMILES string of the molecule is CC1(C)c2ccccc2-c2ccc(-c3ccc(N(c4ccc(-c5ccccc5)cc4)c4ccc(-c5ccc6c(c5)-c5c(ccc7oc8ccccc8c57)C65c6ccccc6-c6ccccc65)cc4)cc3)cc21. The molecule has 1 aromatic heterocycles. The Morgan fingerprint density at radius 2 is 0.750 bits per heavy atom. The van der Waals surface area contributed by atoms with Crippen molar-refractivity contribution in [2.45, 2.75) is 24.7 Å². The third-order valence-corrected chi connectivity index (χ3v) is 16.3. The monoisotopic (exact) mass is 917 g/mol. The van der Waals surface area contributed by atoms with E-state index in [-0.39, 0.29) is 5.41 Å². The van der Waals surface area contributed by atoms with Gasteiger partial charge in [0, 0.05) is 33.2 Å². The molecule has 338 valence electrons. The smallest absolute Gasteiger partial charge is 0.136 e. The highest BCUT2D eigenvalue weighted by Crippen LogP contribution is 2.64. The van der Waals surface area contributed by atoms with Crippen LogP contribution in [0, 0.1) is 0 Å². The lowest BCUT2D eigenvalue weighted by Gasteiger charge is -2.30. The third-order valence-electron chi connectivity index (χ3n) is 16.3. The van der Waals surface area contributed by atoms with E-state index in [2.05, 4.69) is 267 Å². The van der Waals surface area contributed by atoms with Crippen LogP contribution in [0.15, 0.2) is 253 Å². The van der Waals surface area contributed by atoms with Gasteiger partial charge in [0.05, 0.1) is 5.41 Å². The molecule has 0 amide bonds. The van der Waals surface area contributed by atoms with Gasteiger partial charge in [-0.3, -0.25) is 0 Å². The highest BCUT2D eigenvalue weighted by atomic mass is 16.3. The molecule has 3 aliphatic rings. The van der Waals surface area contributed by atoms with Crippen LogP contribution in [-0.2, 0) is 10.8 Å². The van der Waals surface area contributed by atoms with Gasteiger partial charge in [-0.2, -0.15) is 0 Å². The topological polar surface area (TPSA) is 16.4 Å². The van der Waals surface area contributed by atoms with Crippen LogP contribution in [0.4, 0.5) is 17.1 Å². The average Bonchev–Trinajstić information content (AvgIpc) is 4.13. The molecule has 0 radical (unpaired) electrons.